The average molecular weight is 219 g/mol. The van der Waals surface area contributed by atoms with E-state index in [0.717, 1.165) is 18.8 Å². The van der Waals surface area contributed by atoms with Gasteiger partial charge in [-0.25, -0.2) is 0 Å². The van der Waals surface area contributed by atoms with E-state index in [0.29, 0.717) is 5.92 Å². The lowest BCUT2D eigenvalue weighted by Crippen LogP contribution is -2.27. The fraction of sp³-hybridized carbons (Fsp3) is 0.571. The summed E-state index contributed by atoms with van der Waals surface area (Å²) < 4.78 is 5.42. The molecule has 0 radical (unpaired) electrons. The van der Waals surface area contributed by atoms with Crippen LogP contribution in [0.15, 0.2) is 12.1 Å². The van der Waals surface area contributed by atoms with Crippen LogP contribution in [0, 0.1) is 13.8 Å². The highest BCUT2D eigenvalue weighted by atomic mass is 16.5. The van der Waals surface area contributed by atoms with Gasteiger partial charge in [-0.2, -0.15) is 0 Å². The fourth-order valence-electron chi connectivity index (χ4n) is 2.64. The zero-order chi connectivity index (χ0) is 11.5. The van der Waals surface area contributed by atoms with E-state index in [-0.39, 0.29) is 0 Å². The Labute approximate surface area is 98.0 Å². The van der Waals surface area contributed by atoms with Crippen LogP contribution in [0.5, 0.6) is 5.75 Å². The van der Waals surface area contributed by atoms with E-state index in [4.69, 9.17) is 4.74 Å². The van der Waals surface area contributed by atoms with Crippen molar-refractivity contribution in [2.45, 2.75) is 32.6 Å². The molecule has 0 atom stereocenters. The normalized spacial score (nSPS) is 17.4. The van der Waals surface area contributed by atoms with Crippen LogP contribution in [-0.4, -0.2) is 20.2 Å². The number of methoxy groups -OCH3 is 1. The standard InChI is InChI=1S/C14H21NO/c1-10-8-11(2)14(16-3)9-13(10)12-4-6-15-7-5-12/h8-9,12,15H,4-7H2,1-3H3. The van der Waals surface area contributed by atoms with Gasteiger partial charge in [0.05, 0.1) is 7.11 Å². The van der Waals surface area contributed by atoms with E-state index in [1.165, 1.54) is 29.5 Å². The summed E-state index contributed by atoms with van der Waals surface area (Å²) in [7, 11) is 1.75. The predicted molar refractivity (Wildman–Crippen MR) is 67.3 cm³/mol. The third-order valence-electron chi connectivity index (χ3n) is 3.56. The van der Waals surface area contributed by atoms with E-state index in [1.807, 2.05) is 0 Å². The van der Waals surface area contributed by atoms with Gasteiger partial charge in [-0.15, -0.1) is 0 Å². The molecule has 0 amide bonds. The van der Waals surface area contributed by atoms with Gasteiger partial charge in [0.1, 0.15) is 5.75 Å². The van der Waals surface area contributed by atoms with Crippen LogP contribution in [0.2, 0.25) is 0 Å². The van der Waals surface area contributed by atoms with Crippen molar-refractivity contribution in [3.8, 4) is 5.75 Å². The lowest BCUT2D eigenvalue weighted by Gasteiger charge is -2.25. The molecule has 88 valence electrons. The van der Waals surface area contributed by atoms with Crippen molar-refractivity contribution in [1.29, 1.82) is 0 Å². The molecule has 1 aromatic carbocycles. The highest BCUT2D eigenvalue weighted by Gasteiger charge is 2.18. The molecule has 2 heteroatoms. The van der Waals surface area contributed by atoms with Crippen molar-refractivity contribution in [1.82, 2.24) is 5.32 Å². The van der Waals surface area contributed by atoms with Crippen molar-refractivity contribution in [3.05, 3.63) is 28.8 Å². The Morgan fingerprint density at radius 2 is 1.81 bits per heavy atom. The van der Waals surface area contributed by atoms with Gasteiger partial charge in [0.15, 0.2) is 0 Å². The van der Waals surface area contributed by atoms with E-state index in [2.05, 4.69) is 31.3 Å². The van der Waals surface area contributed by atoms with Crippen molar-refractivity contribution in [3.63, 3.8) is 0 Å². The maximum Gasteiger partial charge on any atom is 0.122 e. The monoisotopic (exact) mass is 219 g/mol. The van der Waals surface area contributed by atoms with Gasteiger partial charge in [-0.05, 0) is 68.5 Å². The number of hydrogen-bond acceptors (Lipinski definition) is 2. The van der Waals surface area contributed by atoms with Gasteiger partial charge in [0, 0.05) is 0 Å². The lowest BCUT2D eigenvalue weighted by atomic mass is 9.86. The molecule has 1 heterocycles. The Morgan fingerprint density at radius 3 is 2.44 bits per heavy atom. The summed E-state index contributed by atoms with van der Waals surface area (Å²) in [5.74, 6) is 1.73. The predicted octanol–water partition coefficient (Wildman–Crippen LogP) is 2.78. The minimum atomic E-state index is 0.704. The van der Waals surface area contributed by atoms with Gasteiger partial charge in [0.2, 0.25) is 0 Å². The molecule has 1 aromatic rings. The van der Waals surface area contributed by atoms with Gasteiger partial charge in [0.25, 0.3) is 0 Å². The van der Waals surface area contributed by atoms with Crippen LogP contribution in [-0.2, 0) is 0 Å². The first kappa shape index (κ1) is 11.5. The number of rotatable bonds is 2. The van der Waals surface area contributed by atoms with E-state index >= 15 is 0 Å². The maximum atomic E-state index is 5.42. The fourth-order valence-corrected chi connectivity index (χ4v) is 2.64. The molecule has 0 saturated carbocycles. The van der Waals surface area contributed by atoms with E-state index < -0.39 is 0 Å². The van der Waals surface area contributed by atoms with Crippen molar-refractivity contribution >= 4 is 0 Å². The second-order valence-electron chi connectivity index (χ2n) is 4.70. The summed E-state index contributed by atoms with van der Waals surface area (Å²) in [6.45, 7) is 6.60. The molecule has 1 aliphatic heterocycles. The first-order chi connectivity index (χ1) is 7.72. The highest BCUT2D eigenvalue weighted by Crippen LogP contribution is 2.32. The maximum absolute atomic E-state index is 5.42. The minimum Gasteiger partial charge on any atom is -0.496 e. The van der Waals surface area contributed by atoms with Crippen molar-refractivity contribution in [2.75, 3.05) is 20.2 Å². The third-order valence-corrected chi connectivity index (χ3v) is 3.56. The molecule has 0 unspecified atom stereocenters. The van der Waals surface area contributed by atoms with Crippen LogP contribution in [0.25, 0.3) is 0 Å². The number of aryl methyl sites for hydroxylation is 2. The van der Waals surface area contributed by atoms with Crippen molar-refractivity contribution in [2.24, 2.45) is 0 Å². The second kappa shape index (κ2) is 4.88. The molecule has 0 aliphatic carbocycles. The Hall–Kier alpha value is -1.02. The Balaban J connectivity index is 2.31. The van der Waals surface area contributed by atoms with E-state index in [1.54, 1.807) is 7.11 Å². The third kappa shape index (κ3) is 2.22. The first-order valence-electron chi connectivity index (χ1n) is 6.08. The second-order valence-corrected chi connectivity index (χ2v) is 4.70. The molecule has 1 N–H and O–H groups in total. The molecule has 0 spiro atoms. The quantitative estimate of drug-likeness (QED) is 0.826. The SMILES string of the molecule is COc1cc(C2CCNCC2)c(C)cc1C. The zero-order valence-electron chi connectivity index (χ0n) is 10.5. The van der Waals surface area contributed by atoms with Crippen LogP contribution in [0.3, 0.4) is 0 Å². The number of nitrogens with one attached hydrogen (secondary N) is 1. The van der Waals surface area contributed by atoms with Crippen LogP contribution < -0.4 is 10.1 Å². The smallest absolute Gasteiger partial charge is 0.122 e. The summed E-state index contributed by atoms with van der Waals surface area (Å²) in [5.41, 5.74) is 4.12. The molecular weight excluding hydrogens is 198 g/mol. The molecular formula is C14H21NO. The molecule has 1 aliphatic rings. The topological polar surface area (TPSA) is 21.3 Å². The average Bonchev–Trinajstić information content (AvgIpc) is 2.30. The number of benzene rings is 1. The molecule has 2 nitrogen and oxygen atoms in total. The lowest BCUT2D eigenvalue weighted by molar-refractivity contribution is 0.408. The number of hydrogen-bond donors (Lipinski definition) is 1. The summed E-state index contributed by atoms with van der Waals surface area (Å²) in [6, 6.07) is 4.48. The molecule has 16 heavy (non-hydrogen) atoms. The molecule has 2 rings (SSSR count). The van der Waals surface area contributed by atoms with Gasteiger partial charge >= 0.3 is 0 Å². The summed E-state index contributed by atoms with van der Waals surface area (Å²) in [4.78, 5) is 0. The molecule has 0 aromatic heterocycles. The Kier molecular flexibility index (Phi) is 3.49. The largest absolute Gasteiger partial charge is 0.496 e. The Bertz CT molecular complexity index is 367. The van der Waals surface area contributed by atoms with Gasteiger partial charge < -0.3 is 10.1 Å². The Morgan fingerprint density at radius 1 is 1.12 bits per heavy atom. The molecule has 1 fully saturated rings. The highest BCUT2D eigenvalue weighted by molar-refractivity contribution is 5.43. The summed E-state index contributed by atoms with van der Waals surface area (Å²) in [6.07, 6.45) is 2.49. The van der Waals surface area contributed by atoms with Crippen molar-refractivity contribution < 1.29 is 4.74 Å². The van der Waals surface area contributed by atoms with E-state index in [9.17, 15) is 0 Å². The summed E-state index contributed by atoms with van der Waals surface area (Å²) in [5, 5.41) is 3.41. The van der Waals surface area contributed by atoms with Crippen LogP contribution >= 0.6 is 0 Å². The number of ether oxygens (including phenoxy) is 1. The first-order valence-corrected chi connectivity index (χ1v) is 6.08. The van der Waals surface area contributed by atoms with Crippen LogP contribution in [0.1, 0.15) is 35.4 Å². The van der Waals surface area contributed by atoms with Gasteiger partial charge in [-0.1, -0.05) is 6.07 Å². The molecule has 0 bridgehead atoms. The summed E-state index contributed by atoms with van der Waals surface area (Å²) >= 11 is 0. The molecule has 1 saturated heterocycles. The number of piperidine rings is 1. The van der Waals surface area contributed by atoms with Crippen LogP contribution in [0.4, 0.5) is 0 Å². The minimum absolute atomic E-state index is 0.704. The van der Waals surface area contributed by atoms with Gasteiger partial charge in [-0.3, -0.25) is 0 Å². The zero-order valence-corrected chi connectivity index (χ0v) is 10.5.